The average molecular weight is 508 g/mol. The van der Waals surface area contributed by atoms with Crippen LogP contribution in [0.1, 0.15) is 30.3 Å². The number of aryl methyl sites for hydroxylation is 1. The Labute approximate surface area is 198 Å². The molecular formula is C21H25N5O6S2. The van der Waals surface area contributed by atoms with Gasteiger partial charge in [-0.25, -0.2) is 0 Å². The second kappa shape index (κ2) is 10.9. The predicted octanol–water partition coefficient (Wildman–Crippen LogP) is 2.70. The number of hydrogen-bond donors (Lipinski definition) is 4. The van der Waals surface area contributed by atoms with E-state index in [2.05, 4.69) is 32.5 Å². The van der Waals surface area contributed by atoms with Crippen LogP contribution in [0.3, 0.4) is 0 Å². The monoisotopic (exact) mass is 507 g/mol. The maximum atomic E-state index is 11.2. The zero-order valence-electron chi connectivity index (χ0n) is 18.3. The zero-order valence-corrected chi connectivity index (χ0v) is 20.0. The van der Waals surface area contributed by atoms with E-state index in [1.165, 1.54) is 29.8 Å². The van der Waals surface area contributed by atoms with Gasteiger partial charge in [-0.15, -0.1) is 0 Å². The molecule has 0 fully saturated rings. The van der Waals surface area contributed by atoms with Crippen molar-refractivity contribution in [2.24, 2.45) is 0 Å². The van der Waals surface area contributed by atoms with Gasteiger partial charge in [0.15, 0.2) is 0 Å². The topological polar surface area (TPSA) is 171 Å². The SMILES string of the molecule is CCCc1ccc(Cc2nc(NCCS(=O)(=O)O)nc(Nc3ccc(S(=O)(=O)O)cc3)n2)cc1. The highest BCUT2D eigenvalue weighted by molar-refractivity contribution is 7.86. The second-order valence-electron chi connectivity index (χ2n) is 7.48. The Kier molecular flexibility index (Phi) is 8.15. The van der Waals surface area contributed by atoms with Crippen LogP contribution in [0.25, 0.3) is 0 Å². The van der Waals surface area contributed by atoms with Crippen LogP contribution in [0, 0.1) is 0 Å². The molecule has 34 heavy (non-hydrogen) atoms. The number of nitrogens with one attached hydrogen (secondary N) is 2. The van der Waals surface area contributed by atoms with Crippen molar-refractivity contribution in [3.63, 3.8) is 0 Å². The molecule has 2 aromatic carbocycles. The molecule has 0 atom stereocenters. The molecule has 0 radical (unpaired) electrons. The first-order valence-corrected chi connectivity index (χ1v) is 13.4. The van der Waals surface area contributed by atoms with E-state index in [1.54, 1.807) is 0 Å². The lowest BCUT2D eigenvalue weighted by Gasteiger charge is -2.11. The Bertz CT molecular complexity index is 1330. The van der Waals surface area contributed by atoms with Gasteiger partial charge in [0, 0.05) is 18.7 Å². The maximum Gasteiger partial charge on any atom is 0.294 e. The van der Waals surface area contributed by atoms with E-state index < -0.39 is 26.0 Å². The molecule has 1 heterocycles. The van der Waals surface area contributed by atoms with Gasteiger partial charge in [0.05, 0.1) is 10.6 Å². The van der Waals surface area contributed by atoms with Gasteiger partial charge < -0.3 is 10.6 Å². The highest BCUT2D eigenvalue weighted by Crippen LogP contribution is 2.18. The number of benzene rings is 2. The summed E-state index contributed by atoms with van der Waals surface area (Å²) in [6, 6.07) is 13.4. The summed E-state index contributed by atoms with van der Waals surface area (Å²) in [5.41, 5.74) is 2.65. The lowest BCUT2D eigenvalue weighted by Crippen LogP contribution is -2.17. The molecule has 13 heteroatoms. The fraction of sp³-hybridized carbons (Fsp3) is 0.286. The summed E-state index contributed by atoms with van der Waals surface area (Å²) in [6.45, 7) is 2.00. The van der Waals surface area contributed by atoms with Crippen molar-refractivity contribution in [2.45, 2.75) is 31.1 Å². The van der Waals surface area contributed by atoms with Crippen LogP contribution < -0.4 is 10.6 Å². The summed E-state index contributed by atoms with van der Waals surface area (Å²) in [5.74, 6) is 0.131. The molecule has 4 N–H and O–H groups in total. The van der Waals surface area contributed by atoms with Crippen LogP contribution in [0.15, 0.2) is 53.4 Å². The largest absolute Gasteiger partial charge is 0.353 e. The molecule has 0 unspecified atom stereocenters. The van der Waals surface area contributed by atoms with Crippen LogP contribution in [0.2, 0.25) is 0 Å². The van der Waals surface area contributed by atoms with Gasteiger partial charge in [-0.3, -0.25) is 9.11 Å². The molecular weight excluding hydrogens is 482 g/mol. The van der Waals surface area contributed by atoms with Crippen molar-refractivity contribution in [2.75, 3.05) is 22.9 Å². The number of anilines is 3. The van der Waals surface area contributed by atoms with E-state index in [1.807, 2.05) is 24.3 Å². The molecule has 0 saturated heterocycles. The Morgan fingerprint density at radius 3 is 2.03 bits per heavy atom. The Hall–Kier alpha value is -3.13. The minimum atomic E-state index is -4.32. The average Bonchev–Trinajstić information content (AvgIpc) is 2.74. The quantitative estimate of drug-likeness (QED) is 0.281. The Morgan fingerprint density at radius 1 is 0.824 bits per heavy atom. The van der Waals surface area contributed by atoms with E-state index in [0.717, 1.165) is 18.4 Å². The van der Waals surface area contributed by atoms with Crippen LogP contribution in [0.5, 0.6) is 0 Å². The normalized spacial score (nSPS) is 11.9. The van der Waals surface area contributed by atoms with Gasteiger partial charge in [0.2, 0.25) is 11.9 Å². The molecule has 0 saturated carbocycles. The van der Waals surface area contributed by atoms with E-state index in [4.69, 9.17) is 9.11 Å². The van der Waals surface area contributed by atoms with E-state index in [-0.39, 0.29) is 23.3 Å². The minimum absolute atomic E-state index is 0.105. The fourth-order valence-corrected chi connectivity index (χ4v) is 3.90. The first-order valence-electron chi connectivity index (χ1n) is 10.4. The van der Waals surface area contributed by atoms with Gasteiger partial charge in [-0.1, -0.05) is 37.6 Å². The molecule has 0 aliphatic heterocycles. The standard InChI is InChI=1S/C21H25N5O6S2/c1-2-3-15-4-6-16(7-5-15)14-19-24-20(22-12-13-33(27,28)29)26-21(25-19)23-17-8-10-18(11-9-17)34(30,31)32/h4-11H,2-3,12-14H2,1H3,(H,27,28,29)(H,30,31,32)(H2,22,23,24,25,26). The molecule has 0 amide bonds. The third-order valence-corrected chi connectivity index (χ3v) is 6.24. The first kappa shape index (κ1) is 25.5. The van der Waals surface area contributed by atoms with Crippen LogP contribution in [0.4, 0.5) is 17.6 Å². The summed E-state index contributed by atoms with van der Waals surface area (Å²) in [6.07, 6.45) is 2.42. The number of rotatable bonds is 11. The van der Waals surface area contributed by atoms with Gasteiger partial charge in [-0.2, -0.15) is 31.8 Å². The van der Waals surface area contributed by atoms with Gasteiger partial charge in [0.1, 0.15) is 5.82 Å². The third kappa shape index (κ3) is 8.02. The molecule has 0 bridgehead atoms. The first-order chi connectivity index (χ1) is 16.0. The van der Waals surface area contributed by atoms with Gasteiger partial charge in [-0.05, 0) is 41.8 Å². The third-order valence-electron chi connectivity index (χ3n) is 4.66. The van der Waals surface area contributed by atoms with Gasteiger partial charge in [0.25, 0.3) is 20.2 Å². The molecule has 0 aliphatic carbocycles. The number of hydrogen-bond acceptors (Lipinski definition) is 9. The van der Waals surface area contributed by atoms with Crippen molar-refractivity contribution in [3.05, 3.63) is 65.5 Å². The Morgan fingerprint density at radius 2 is 1.44 bits per heavy atom. The fourth-order valence-electron chi connectivity index (χ4n) is 3.06. The van der Waals surface area contributed by atoms with Gasteiger partial charge >= 0.3 is 0 Å². The highest BCUT2D eigenvalue weighted by Gasteiger charge is 2.12. The van der Waals surface area contributed by atoms with Crippen LogP contribution in [-0.4, -0.2) is 53.2 Å². The second-order valence-corrected chi connectivity index (χ2v) is 10.5. The molecule has 11 nitrogen and oxygen atoms in total. The summed E-state index contributed by atoms with van der Waals surface area (Å²) < 4.78 is 62.5. The van der Waals surface area contributed by atoms with Crippen molar-refractivity contribution < 1.29 is 25.9 Å². The van der Waals surface area contributed by atoms with Crippen LogP contribution in [-0.2, 0) is 33.1 Å². The molecule has 3 rings (SSSR count). The summed E-state index contributed by atoms with van der Waals surface area (Å²) >= 11 is 0. The molecule has 182 valence electrons. The zero-order chi connectivity index (χ0) is 24.8. The lowest BCUT2D eigenvalue weighted by atomic mass is 10.1. The summed E-state index contributed by atoms with van der Waals surface area (Å²) in [5, 5.41) is 5.69. The Balaban J connectivity index is 1.84. The van der Waals surface area contributed by atoms with Crippen molar-refractivity contribution >= 4 is 37.8 Å². The number of aromatic nitrogens is 3. The molecule has 3 aromatic rings. The smallest absolute Gasteiger partial charge is 0.294 e. The lowest BCUT2D eigenvalue weighted by molar-refractivity contribution is 0.481. The molecule has 1 aromatic heterocycles. The minimum Gasteiger partial charge on any atom is -0.353 e. The van der Waals surface area contributed by atoms with Crippen molar-refractivity contribution in [3.8, 4) is 0 Å². The van der Waals surface area contributed by atoms with E-state index in [0.29, 0.717) is 17.9 Å². The summed E-state index contributed by atoms with van der Waals surface area (Å²) in [4.78, 5) is 12.7. The maximum absolute atomic E-state index is 11.2. The summed E-state index contributed by atoms with van der Waals surface area (Å²) in [7, 11) is -8.47. The van der Waals surface area contributed by atoms with E-state index in [9.17, 15) is 16.8 Å². The van der Waals surface area contributed by atoms with Crippen molar-refractivity contribution in [1.29, 1.82) is 0 Å². The number of nitrogens with zero attached hydrogens (tertiary/aromatic N) is 3. The van der Waals surface area contributed by atoms with Crippen molar-refractivity contribution in [1.82, 2.24) is 15.0 Å². The highest BCUT2D eigenvalue weighted by atomic mass is 32.2. The molecule has 0 spiro atoms. The molecule has 0 aliphatic rings. The predicted molar refractivity (Wildman–Crippen MR) is 128 cm³/mol. The van der Waals surface area contributed by atoms with E-state index >= 15 is 0 Å². The van der Waals surface area contributed by atoms with Crippen LogP contribution >= 0.6 is 0 Å².